The van der Waals surface area contributed by atoms with Gasteiger partial charge in [0.1, 0.15) is 11.6 Å². The molecule has 2 saturated heterocycles. The second-order valence-electron chi connectivity index (χ2n) is 9.96. The highest BCUT2D eigenvalue weighted by Crippen LogP contribution is 2.46. The zero-order valence-electron chi connectivity index (χ0n) is 22.4. The summed E-state index contributed by atoms with van der Waals surface area (Å²) in [7, 11) is 2.44. The van der Waals surface area contributed by atoms with Crippen molar-refractivity contribution in [3.8, 4) is 5.75 Å². The molecule has 2 heterocycles. The van der Waals surface area contributed by atoms with Crippen LogP contribution in [-0.4, -0.2) is 75.6 Å². The molecule has 0 unspecified atom stereocenters. The first-order valence-electron chi connectivity index (χ1n) is 13.0. The number of benzene rings is 2. The summed E-state index contributed by atoms with van der Waals surface area (Å²) >= 11 is 0. The molecule has 2 aromatic carbocycles. The Morgan fingerprint density at radius 2 is 1.77 bits per heavy atom. The largest absolute Gasteiger partial charge is 0.493 e. The normalized spacial score (nSPS) is 20.4. The van der Waals surface area contributed by atoms with Gasteiger partial charge in [-0.1, -0.05) is 36.4 Å². The van der Waals surface area contributed by atoms with Gasteiger partial charge in [-0.15, -0.1) is 0 Å². The molecular weight excluding hydrogens is 534 g/mol. The number of urea groups is 1. The lowest BCUT2D eigenvalue weighted by Gasteiger charge is -2.50. The van der Waals surface area contributed by atoms with E-state index in [1.807, 2.05) is 0 Å². The van der Waals surface area contributed by atoms with Crippen LogP contribution in [0, 0.1) is 5.82 Å². The minimum absolute atomic E-state index is 0.0607. The van der Waals surface area contributed by atoms with Gasteiger partial charge in [-0.3, -0.25) is 4.79 Å². The smallest absolute Gasteiger partial charge is 0.430 e. The average molecular weight is 568 g/mol. The minimum atomic E-state index is -5.02. The van der Waals surface area contributed by atoms with Crippen molar-refractivity contribution in [3.63, 3.8) is 0 Å². The number of likely N-dealkylation sites (tertiary alicyclic amines) is 1. The van der Waals surface area contributed by atoms with E-state index in [1.54, 1.807) is 19.2 Å². The van der Waals surface area contributed by atoms with E-state index in [0.29, 0.717) is 24.3 Å². The van der Waals surface area contributed by atoms with Gasteiger partial charge in [0.05, 0.1) is 12.1 Å². The molecule has 8 nitrogen and oxygen atoms in total. The van der Waals surface area contributed by atoms with Crippen molar-refractivity contribution in [2.24, 2.45) is 0 Å². The SMILES string of the molecule is COCCCOc1cc(F)ccc1[C@H]1CNC(=O)NC12CCN(C(=O)[C@](OC)(c1ccccc1)C(F)(F)F)CC2. The van der Waals surface area contributed by atoms with Crippen LogP contribution in [0.5, 0.6) is 5.75 Å². The van der Waals surface area contributed by atoms with Crippen molar-refractivity contribution in [1.82, 2.24) is 15.5 Å². The summed E-state index contributed by atoms with van der Waals surface area (Å²) in [4.78, 5) is 27.1. The van der Waals surface area contributed by atoms with Gasteiger partial charge < -0.3 is 29.7 Å². The number of piperidine rings is 1. The van der Waals surface area contributed by atoms with Crippen LogP contribution >= 0.6 is 0 Å². The van der Waals surface area contributed by atoms with Crippen LogP contribution < -0.4 is 15.4 Å². The number of ether oxygens (including phenoxy) is 3. The number of carbonyl (C=O) groups excluding carboxylic acids is 2. The molecule has 2 aliphatic rings. The molecule has 40 heavy (non-hydrogen) atoms. The lowest BCUT2D eigenvalue weighted by atomic mass is 9.71. The van der Waals surface area contributed by atoms with Crippen molar-refractivity contribution < 1.29 is 41.4 Å². The van der Waals surface area contributed by atoms with E-state index in [-0.39, 0.29) is 44.6 Å². The van der Waals surface area contributed by atoms with Crippen LogP contribution in [0.1, 0.15) is 36.3 Å². The summed E-state index contributed by atoms with van der Waals surface area (Å²) in [5.41, 5.74) is -3.74. The Hall–Kier alpha value is -3.38. The number of nitrogens with one attached hydrogen (secondary N) is 2. The van der Waals surface area contributed by atoms with Crippen molar-refractivity contribution in [3.05, 3.63) is 65.5 Å². The summed E-state index contributed by atoms with van der Waals surface area (Å²) in [5, 5.41) is 5.72. The molecule has 2 atom stereocenters. The standard InChI is InChI=1S/C28H33F4N3O5/c1-38-15-6-16-40-23-17-20(29)9-10-21(23)22-18-33-25(37)34-26(22)11-13-35(14-12-26)24(36)27(39-2,28(30,31)32)19-7-4-3-5-8-19/h3-5,7-10,17,22H,6,11-16,18H2,1-2H3,(H2,33,34,37)/t22-,27-/m1/s1. The van der Waals surface area contributed by atoms with Crippen LogP contribution in [0.15, 0.2) is 48.5 Å². The molecule has 0 radical (unpaired) electrons. The number of amides is 3. The van der Waals surface area contributed by atoms with Crippen LogP contribution in [0.2, 0.25) is 0 Å². The summed E-state index contributed by atoms with van der Waals surface area (Å²) in [5.74, 6) is -1.79. The monoisotopic (exact) mass is 567 g/mol. The first-order valence-corrected chi connectivity index (χ1v) is 13.0. The molecule has 2 aliphatic heterocycles. The lowest BCUT2D eigenvalue weighted by Crippen LogP contribution is -2.67. The summed E-state index contributed by atoms with van der Waals surface area (Å²) in [6.07, 6.45) is -4.10. The second-order valence-corrected chi connectivity index (χ2v) is 9.96. The van der Waals surface area contributed by atoms with Crippen molar-refractivity contribution in [1.29, 1.82) is 0 Å². The third kappa shape index (κ3) is 5.60. The highest BCUT2D eigenvalue weighted by Gasteiger charge is 2.64. The maximum absolute atomic E-state index is 14.5. The number of methoxy groups -OCH3 is 2. The Morgan fingerprint density at radius 1 is 1.07 bits per heavy atom. The highest BCUT2D eigenvalue weighted by molar-refractivity contribution is 5.88. The van der Waals surface area contributed by atoms with E-state index in [9.17, 15) is 27.2 Å². The number of carbonyl (C=O) groups is 2. The first-order chi connectivity index (χ1) is 19.1. The Kier molecular flexibility index (Phi) is 8.89. The Labute approximate surface area is 230 Å². The molecule has 2 N–H and O–H groups in total. The number of hydrogen-bond acceptors (Lipinski definition) is 5. The maximum Gasteiger partial charge on any atom is 0.430 e. The molecule has 0 aliphatic carbocycles. The molecule has 2 aromatic rings. The minimum Gasteiger partial charge on any atom is -0.493 e. The fraction of sp³-hybridized carbons (Fsp3) is 0.500. The number of rotatable bonds is 9. The van der Waals surface area contributed by atoms with Crippen LogP contribution in [0.4, 0.5) is 22.4 Å². The fourth-order valence-corrected chi connectivity index (χ4v) is 5.67. The number of nitrogens with zero attached hydrogens (tertiary/aromatic N) is 1. The number of alkyl halides is 3. The zero-order valence-corrected chi connectivity index (χ0v) is 22.4. The number of halogens is 4. The summed E-state index contributed by atoms with van der Waals surface area (Å²) in [6, 6.07) is 10.6. The Morgan fingerprint density at radius 3 is 2.40 bits per heavy atom. The Balaban J connectivity index is 1.61. The van der Waals surface area contributed by atoms with Gasteiger partial charge in [0.25, 0.3) is 11.5 Å². The van der Waals surface area contributed by atoms with Crippen molar-refractivity contribution in [2.75, 3.05) is 47.1 Å². The molecule has 4 rings (SSSR count). The molecule has 0 saturated carbocycles. The van der Waals surface area contributed by atoms with Crippen LogP contribution in [-0.2, 0) is 19.9 Å². The predicted octanol–water partition coefficient (Wildman–Crippen LogP) is 4.10. The second kappa shape index (κ2) is 12.0. The average Bonchev–Trinajstić information content (AvgIpc) is 2.92. The van der Waals surface area contributed by atoms with Crippen LogP contribution in [0.25, 0.3) is 0 Å². The first kappa shape index (κ1) is 29.6. The van der Waals surface area contributed by atoms with Gasteiger partial charge >= 0.3 is 12.2 Å². The van der Waals surface area contributed by atoms with Gasteiger partial charge in [-0.25, -0.2) is 9.18 Å². The van der Waals surface area contributed by atoms with E-state index >= 15 is 0 Å². The van der Waals surface area contributed by atoms with Gasteiger partial charge in [-0.05, 0) is 18.9 Å². The molecule has 12 heteroatoms. The predicted molar refractivity (Wildman–Crippen MR) is 137 cm³/mol. The molecule has 218 valence electrons. The van der Waals surface area contributed by atoms with Crippen molar-refractivity contribution >= 4 is 11.9 Å². The molecule has 3 amide bonds. The van der Waals surface area contributed by atoms with Crippen LogP contribution in [0.3, 0.4) is 0 Å². The van der Waals surface area contributed by atoms with Gasteiger partial charge in [-0.2, -0.15) is 13.2 Å². The van der Waals surface area contributed by atoms with Crippen molar-refractivity contribution in [2.45, 2.75) is 42.5 Å². The van der Waals surface area contributed by atoms with E-state index in [0.717, 1.165) is 12.0 Å². The van der Waals surface area contributed by atoms with E-state index < -0.39 is 41.0 Å². The molecule has 2 fully saturated rings. The quantitative estimate of drug-likeness (QED) is 0.352. The highest BCUT2D eigenvalue weighted by atomic mass is 19.4. The molecule has 0 aromatic heterocycles. The van der Waals surface area contributed by atoms with Gasteiger partial charge in [0, 0.05) is 70.0 Å². The van der Waals surface area contributed by atoms with E-state index in [4.69, 9.17) is 14.2 Å². The third-order valence-corrected chi connectivity index (χ3v) is 7.73. The zero-order chi connectivity index (χ0) is 29.0. The topological polar surface area (TPSA) is 89.1 Å². The van der Waals surface area contributed by atoms with Gasteiger partial charge in [0.15, 0.2) is 0 Å². The lowest BCUT2D eigenvalue weighted by molar-refractivity contribution is -0.270. The fourth-order valence-electron chi connectivity index (χ4n) is 5.67. The molecule has 1 spiro atoms. The van der Waals surface area contributed by atoms with E-state index in [2.05, 4.69) is 10.6 Å². The molecule has 0 bridgehead atoms. The maximum atomic E-state index is 14.5. The summed E-state index contributed by atoms with van der Waals surface area (Å²) in [6.45, 7) is 0.823. The molecular formula is C28H33F4N3O5. The third-order valence-electron chi connectivity index (χ3n) is 7.73. The number of hydrogen-bond donors (Lipinski definition) is 2. The van der Waals surface area contributed by atoms with Gasteiger partial charge in [0.2, 0.25) is 0 Å². The van der Waals surface area contributed by atoms with E-state index in [1.165, 1.54) is 36.4 Å². The Bertz CT molecular complexity index is 1190. The summed E-state index contributed by atoms with van der Waals surface area (Å²) < 4.78 is 73.5.